The van der Waals surface area contributed by atoms with Gasteiger partial charge in [0.2, 0.25) is 5.78 Å². The molecular weight excluding hydrogens is 389 g/mol. The molecule has 28 heavy (non-hydrogen) atoms. The third-order valence-electron chi connectivity index (χ3n) is 4.69. The van der Waals surface area contributed by atoms with Gasteiger partial charge in [-0.05, 0) is 48.4 Å². The van der Waals surface area contributed by atoms with Crippen molar-refractivity contribution >= 4 is 23.1 Å². The first-order chi connectivity index (χ1) is 13.1. The van der Waals surface area contributed by atoms with E-state index in [4.69, 9.17) is 17.3 Å². The van der Waals surface area contributed by atoms with Gasteiger partial charge in [-0.15, -0.1) is 0 Å². The van der Waals surface area contributed by atoms with E-state index in [0.29, 0.717) is 22.0 Å². The van der Waals surface area contributed by atoms with Gasteiger partial charge < -0.3 is 10.7 Å². The number of H-pyrrole nitrogens is 1. The molecule has 7 heteroatoms. The summed E-state index contributed by atoms with van der Waals surface area (Å²) in [5.74, 6) is -0.492. The Balaban J connectivity index is 1.90. The van der Waals surface area contributed by atoms with Crippen LogP contribution in [0.3, 0.4) is 0 Å². The predicted octanol–water partition coefficient (Wildman–Crippen LogP) is 5.96. The minimum Gasteiger partial charge on any atom is -0.399 e. The number of halogens is 4. The Morgan fingerprint density at radius 2 is 1.75 bits per heavy atom. The predicted molar refractivity (Wildman–Crippen MR) is 104 cm³/mol. The number of hydrogen-bond donors (Lipinski definition) is 2. The molecule has 0 bridgehead atoms. The lowest BCUT2D eigenvalue weighted by molar-refractivity contribution is -0.137. The summed E-state index contributed by atoms with van der Waals surface area (Å²) in [7, 11) is 0. The molecule has 2 aromatic carbocycles. The molecule has 0 saturated heterocycles. The number of carbonyl (C=O) groups is 1. The van der Waals surface area contributed by atoms with Gasteiger partial charge in [-0.1, -0.05) is 36.7 Å². The van der Waals surface area contributed by atoms with Gasteiger partial charge in [-0.3, -0.25) is 4.79 Å². The molecular formula is C21H18ClF3N2O. The number of anilines is 1. The monoisotopic (exact) mass is 406 g/mol. The van der Waals surface area contributed by atoms with Crippen molar-refractivity contribution in [2.45, 2.75) is 25.9 Å². The Hall–Kier alpha value is -2.73. The van der Waals surface area contributed by atoms with Crippen molar-refractivity contribution in [2.75, 3.05) is 5.73 Å². The molecule has 3 rings (SSSR count). The van der Waals surface area contributed by atoms with Crippen molar-refractivity contribution in [3.05, 3.63) is 87.2 Å². The smallest absolute Gasteiger partial charge is 0.399 e. The second-order valence-electron chi connectivity index (χ2n) is 6.69. The molecule has 0 saturated carbocycles. The van der Waals surface area contributed by atoms with Crippen LogP contribution in [0.2, 0.25) is 5.02 Å². The zero-order valence-electron chi connectivity index (χ0n) is 15.2. The summed E-state index contributed by atoms with van der Waals surface area (Å²) in [6, 6.07) is 11.3. The summed E-state index contributed by atoms with van der Waals surface area (Å²) < 4.78 is 38.1. The van der Waals surface area contributed by atoms with Crippen LogP contribution in [0.5, 0.6) is 0 Å². The van der Waals surface area contributed by atoms with Gasteiger partial charge in [-0.25, -0.2) is 0 Å². The molecule has 0 aliphatic carbocycles. The van der Waals surface area contributed by atoms with Gasteiger partial charge in [0, 0.05) is 27.9 Å². The molecule has 3 N–H and O–H groups in total. The Labute approximate surface area is 165 Å². The SMILES string of the molecule is Cc1cc(C(C)c2ccc(N)cc2Cl)[nH]c1C(=O)c1ccc(C(F)(F)F)cc1. The Kier molecular flexibility index (Phi) is 5.26. The summed E-state index contributed by atoms with van der Waals surface area (Å²) in [6.45, 7) is 3.71. The standard InChI is InChI=1S/C21H18ClF3N2O/c1-11-9-18(12(2)16-8-7-15(26)10-17(16)22)27-19(11)20(28)13-3-5-14(6-4-13)21(23,24)25/h3-10,12,27H,26H2,1-2H3. The normalized spacial score (nSPS) is 12.8. The van der Waals surface area contributed by atoms with Crippen LogP contribution < -0.4 is 5.73 Å². The average molecular weight is 407 g/mol. The van der Waals surface area contributed by atoms with Crippen LogP contribution >= 0.6 is 11.6 Å². The maximum absolute atomic E-state index is 12.8. The molecule has 3 nitrogen and oxygen atoms in total. The highest BCUT2D eigenvalue weighted by atomic mass is 35.5. The molecule has 0 spiro atoms. The van der Waals surface area contributed by atoms with Gasteiger partial charge in [0.05, 0.1) is 11.3 Å². The van der Waals surface area contributed by atoms with E-state index in [1.807, 2.05) is 19.1 Å². The van der Waals surface area contributed by atoms with E-state index in [-0.39, 0.29) is 17.3 Å². The molecule has 1 unspecified atom stereocenters. The van der Waals surface area contributed by atoms with Crippen LogP contribution in [0.4, 0.5) is 18.9 Å². The fraction of sp³-hybridized carbons (Fsp3) is 0.190. The number of carbonyl (C=O) groups excluding carboxylic acids is 1. The fourth-order valence-electron chi connectivity index (χ4n) is 3.07. The number of nitrogens with two attached hydrogens (primary N) is 1. The summed E-state index contributed by atoms with van der Waals surface area (Å²) in [4.78, 5) is 15.9. The summed E-state index contributed by atoms with van der Waals surface area (Å²) >= 11 is 6.28. The highest BCUT2D eigenvalue weighted by Crippen LogP contribution is 2.33. The first kappa shape index (κ1) is 20.0. The van der Waals surface area contributed by atoms with E-state index in [9.17, 15) is 18.0 Å². The van der Waals surface area contributed by atoms with E-state index in [1.165, 1.54) is 12.1 Å². The molecule has 0 fully saturated rings. The largest absolute Gasteiger partial charge is 0.416 e. The van der Waals surface area contributed by atoms with Crippen LogP contribution in [0.25, 0.3) is 0 Å². The van der Waals surface area contributed by atoms with Crippen LogP contribution in [-0.4, -0.2) is 10.8 Å². The molecule has 0 amide bonds. The Bertz CT molecular complexity index is 1020. The molecule has 0 radical (unpaired) electrons. The van der Waals surface area contributed by atoms with E-state index in [0.717, 1.165) is 23.4 Å². The maximum Gasteiger partial charge on any atom is 0.416 e. The van der Waals surface area contributed by atoms with Crippen LogP contribution in [0, 0.1) is 6.92 Å². The first-order valence-corrected chi connectivity index (χ1v) is 8.92. The highest BCUT2D eigenvalue weighted by Gasteiger charge is 2.30. The van der Waals surface area contributed by atoms with E-state index >= 15 is 0 Å². The number of nitrogens with one attached hydrogen (secondary N) is 1. The summed E-state index contributed by atoms with van der Waals surface area (Å²) in [6.07, 6.45) is -4.44. The number of aryl methyl sites for hydroxylation is 1. The lowest BCUT2D eigenvalue weighted by Crippen LogP contribution is -2.08. The zero-order valence-corrected chi connectivity index (χ0v) is 15.9. The summed E-state index contributed by atoms with van der Waals surface area (Å²) in [5, 5.41) is 0.523. The van der Waals surface area contributed by atoms with Crippen molar-refractivity contribution in [3.8, 4) is 0 Å². The number of aromatic amines is 1. The summed E-state index contributed by atoms with van der Waals surface area (Å²) in [5.41, 5.74) is 8.35. The number of aromatic nitrogens is 1. The zero-order chi connectivity index (χ0) is 20.6. The highest BCUT2D eigenvalue weighted by molar-refractivity contribution is 6.31. The average Bonchev–Trinajstić information content (AvgIpc) is 3.02. The van der Waals surface area contributed by atoms with Crippen molar-refractivity contribution in [1.29, 1.82) is 0 Å². The lowest BCUT2D eigenvalue weighted by Gasteiger charge is -2.13. The minimum atomic E-state index is -4.44. The number of nitrogen functional groups attached to an aromatic ring is 1. The third kappa shape index (κ3) is 3.92. The van der Waals surface area contributed by atoms with Crippen molar-refractivity contribution in [3.63, 3.8) is 0 Å². The second kappa shape index (κ2) is 7.36. The molecule has 0 aliphatic rings. The third-order valence-corrected chi connectivity index (χ3v) is 5.02. The number of benzene rings is 2. The number of hydrogen-bond acceptors (Lipinski definition) is 2. The molecule has 3 aromatic rings. The lowest BCUT2D eigenvalue weighted by atomic mass is 9.97. The molecule has 0 aliphatic heterocycles. The maximum atomic E-state index is 12.8. The van der Waals surface area contributed by atoms with Gasteiger partial charge in [0.25, 0.3) is 0 Å². The van der Waals surface area contributed by atoms with Crippen LogP contribution in [0.15, 0.2) is 48.5 Å². The van der Waals surface area contributed by atoms with Gasteiger partial charge in [-0.2, -0.15) is 13.2 Å². The van der Waals surface area contributed by atoms with Gasteiger partial charge in [0.15, 0.2) is 0 Å². The van der Waals surface area contributed by atoms with Crippen LogP contribution in [0.1, 0.15) is 51.3 Å². The molecule has 1 aromatic heterocycles. The quantitative estimate of drug-likeness (QED) is 0.415. The van der Waals surface area contributed by atoms with Crippen molar-refractivity contribution in [1.82, 2.24) is 4.98 Å². The van der Waals surface area contributed by atoms with Gasteiger partial charge >= 0.3 is 6.18 Å². The Morgan fingerprint density at radius 1 is 1.11 bits per heavy atom. The number of alkyl halides is 3. The van der Waals surface area contributed by atoms with E-state index in [2.05, 4.69) is 4.98 Å². The van der Waals surface area contributed by atoms with Crippen molar-refractivity contribution < 1.29 is 18.0 Å². The molecule has 1 atom stereocenters. The topological polar surface area (TPSA) is 58.9 Å². The fourth-order valence-corrected chi connectivity index (χ4v) is 3.42. The first-order valence-electron chi connectivity index (χ1n) is 8.54. The van der Waals surface area contributed by atoms with E-state index < -0.39 is 11.7 Å². The second-order valence-corrected chi connectivity index (χ2v) is 7.10. The molecule has 146 valence electrons. The number of ketones is 1. The van der Waals surface area contributed by atoms with Crippen LogP contribution in [-0.2, 0) is 6.18 Å². The van der Waals surface area contributed by atoms with E-state index in [1.54, 1.807) is 19.1 Å². The Morgan fingerprint density at radius 3 is 2.32 bits per heavy atom. The van der Waals surface area contributed by atoms with Gasteiger partial charge in [0.1, 0.15) is 0 Å². The van der Waals surface area contributed by atoms with Crippen molar-refractivity contribution in [2.24, 2.45) is 0 Å². The molecule has 1 heterocycles. The number of rotatable bonds is 4. The minimum absolute atomic E-state index is 0.124.